The number of hydrogen-bond acceptors (Lipinski definition) is 6. The van der Waals surface area contributed by atoms with Gasteiger partial charge in [-0.15, -0.1) is 0 Å². The van der Waals surface area contributed by atoms with E-state index in [2.05, 4.69) is 26.0 Å². The maximum atomic E-state index is 11.4. The lowest BCUT2D eigenvalue weighted by Crippen LogP contribution is -2.12. The Morgan fingerprint density at radius 2 is 2.22 bits per heavy atom. The second kappa shape index (κ2) is 7.07. The van der Waals surface area contributed by atoms with Crippen LogP contribution in [-0.2, 0) is 4.79 Å². The monoisotopic (exact) mass is 315 g/mol. The Kier molecular flexibility index (Phi) is 4.92. The number of amides is 2. The summed E-state index contributed by atoms with van der Waals surface area (Å²) in [6.07, 6.45) is 6.88. The lowest BCUT2D eigenvalue weighted by Gasteiger charge is -2.09. The van der Waals surface area contributed by atoms with Crippen molar-refractivity contribution in [3.63, 3.8) is 0 Å². The lowest BCUT2D eigenvalue weighted by atomic mass is 10.3. The van der Waals surface area contributed by atoms with E-state index in [0.29, 0.717) is 23.7 Å². The van der Waals surface area contributed by atoms with E-state index >= 15 is 0 Å². The topological polar surface area (TPSA) is 126 Å². The van der Waals surface area contributed by atoms with Gasteiger partial charge in [-0.3, -0.25) is 9.59 Å². The Labute approximate surface area is 132 Å². The van der Waals surface area contributed by atoms with E-state index in [-0.39, 0.29) is 5.56 Å². The summed E-state index contributed by atoms with van der Waals surface area (Å²) in [6.45, 7) is 1.83. The molecule has 2 aromatic rings. The number of nitrogens with zero attached hydrogens (tertiary/aromatic N) is 3. The number of fused-ring (bicyclic) bond motifs is 1. The first-order valence-corrected chi connectivity index (χ1v) is 6.73. The molecular weight excluding hydrogens is 298 g/mol. The van der Waals surface area contributed by atoms with Crippen molar-refractivity contribution in [3.8, 4) is 0 Å². The molecule has 9 nitrogen and oxygen atoms in total. The van der Waals surface area contributed by atoms with Crippen LogP contribution >= 0.6 is 0 Å². The molecule has 2 aromatic heterocycles. The van der Waals surface area contributed by atoms with Crippen LogP contribution in [0.4, 0.5) is 11.6 Å². The summed E-state index contributed by atoms with van der Waals surface area (Å²) in [5.41, 5.74) is 6.71. The van der Waals surface area contributed by atoms with E-state index in [1.54, 1.807) is 25.3 Å². The van der Waals surface area contributed by atoms with E-state index < -0.39 is 5.91 Å². The van der Waals surface area contributed by atoms with E-state index in [9.17, 15) is 9.59 Å². The van der Waals surface area contributed by atoms with Gasteiger partial charge in [0.1, 0.15) is 17.2 Å². The molecule has 9 heteroatoms. The highest BCUT2D eigenvalue weighted by Gasteiger charge is 2.14. The molecule has 0 fully saturated rings. The first kappa shape index (κ1) is 16.0. The molecule has 0 aliphatic heterocycles. The van der Waals surface area contributed by atoms with Crippen molar-refractivity contribution in [2.45, 2.75) is 6.92 Å². The number of carbonyl (C=O) groups is 2. The van der Waals surface area contributed by atoms with Crippen LogP contribution in [-0.4, -0.2) is 34.0 Å². The zero-order valence-electron chi connectivity index (χ0n) is 12.7. The summed E-state index contributed by atoms with van der Waals surface area (Å²) in [5.74, 6) is 0.577. The third-order valence-corrected chi connectivity index (χ3v) is 2.93. The number of nitrogens with one attached hydrogen (secondary N) is 3. The third kappa shape index (κ3) is 3.64. The highest BCUT2D eigenvalue weighted by molar-refractivity contribution is 5.98. The summed E-state index contributed by atoms with van der Waals surface area (Å²) >= 11 is 0. The van der Waals surface area contributed by atoms with Gasteiger partial charge in [-0.05, 0) is 19.1 Å². The minimum absolute atomic E-state index is 0.238. The van der Waals surface area contributed by atoms with Gasteiger partial charge < -0.3 is 21.7 Å². The van der Waals surface area contributed by atoms with Gasteiger partial charge in [-0.2, -0.15) is 9.61 Å². The molecule has 0 radical (unpaired) electrons. The van der Waals surface area contributed by atoms with Gasteiger partial charge in [-0.25, -0.2) is 4.98 Å². The summed E-state index contributed by atoms with van der Waals surface area (Å²) in [7, 11) is 1.74. The quantitative estimate of drug-likeness (QED) is 0.434. The predicted molar refractivity (Wildman–Crippen MR) is 86.8 cm³/mol. The van der Waals surface area contributed by atoms with Crippen LogP contribution in [0.3, 0.4) is 0 Å². The number of carbonyl (C=O) groups excluding carboxylic acids is 2. The fourth-order valence-electron chi connectivity index (χ4n) is 1.91. The van der Waals surface area contributed by atoms with Crippen molar-refractivity contribution >= 4 is 29.6 Å². The molecule has 2 amide bonds. The second-order valence-corrected chi connectivity index (χ2v) is 4.55. The number of aromatic nitrogens is 3. The van der Waals surface area contributed by atoms with Gasteiger partial charge in [-0.1, -0.05) is 0 Å². The molecule has 5 N–H and O–H groups in total. The molecular formula is C14H17N7O2. The Morgan fingerprint density at radius 3 is 2.87 bits per heavy atom. The van der Waals surface area contributed by atoms with Crippen LogP contribution in [0.2, 0.25) is 0 Å². The fourth-order valence-corrected chi connectivity index (χ4v) is 1.91. The SMILES string of the molecule is CNc1cc(N/C(C)=C/C=C\NC=O)nc2c(C(N)=O)cnn12. The number of allylic oxidation sites excluding steroid dienone is 3. The first-order chi connectivity index (χ1) is 11.1. The van der Waals surface area contributed by atoms with Gasteiger partial charge in [0, 0.05) is 25.0 Å². The van der Waals surface area contributed by atoms with E-state index in [1.165, 1.54) is 16.9 Å². The summed E-state index contributed by atoms with van der Waals surface area (Å²) in [5, 5.41) is 12.6. The van der Waals surface area contributed by atoms with Crippen LogP contribution in [0.15, 0.2) is 36.3 Å². The molecule has 120 valence electrons. The molecule has 0 aliphatic rings. The molecule has 0 atom stereocenters. The molecule has 0 saturated heterocycles. The lowest BCUT2D eigenvalue weighted by molar-refractivity contribution is -0.108. The zero-order chi connectivity index (χ0) is 16.8. The number of nitrogens with two attached hydrogens (primary N) is 1. The smallest absolute Gasteiger partial charge is 0.254 e. The van der Waals surface area contributed by atoms with Crippen molar-refractivity contribution in [1.29, 1.82) is 0 Å². The van der Waals surface area contributed by atoms with Crippen molar-refractivity contribution in [2.75, 3.05) is 17.7 Å². The molecule has 0 aliphatic carbocycles. The molecule has 0 saturated carbocycles. The third-order valence-electron chi connectivity index (χ3n) is 2.93. The average Bonchev–Trinajstić information content (AvgIpc) is 2.95. The van der Waals surface area contributed by atoms with Gasteiger partial charge in [0.05, 0.1) is 6.20 Å². The molecule has 0 spiro atoms. The van der Waals surface area contributed by atoms with Gasteiger partial charge in [0.25, 0.3) is 5.91 Å². The number of primary amides is 1. The van der Waals surface area contributed by atoms with Crippen LogP contribution in [0.25, 0.3) is 5.65 Å². The Morgan fingerprint density at radius 1 is 1.43 bits per heavy atom. The van der Waals surface area contributed by atoms with Crippen LogP contribution < -0.4 is 21.7 Å². The fraction of sp³-hybridized carbons (Fsp3) is 0.143. The number of hydrogen-bond donors (Lipinski definition) is 4. The van der Waals surface area contributed by atoms with Crippen LogP contribution in [0.5, 0.6) is 0 Å². The summed E-state index contributed by atoms with van der Waals surface area (Å²) in [6, 6.07) is 1.75. The van der Waals surface area contributed by atoms with Crippen molar-refractivity contribution in [1.82, 2.24) is 19.9 Å². The normalized spacial score (nSPS) is 11.7. The van der Waals surface area contributed by atoms with E-state index in [4.69, 9.17) is 5.73 Å². The molecule has 0 bridgehead atoms. The van der Waals surface area contributed by atoms with Crippen molar-refractivity contribution in [3.05, 3.63) is 41.9 Å². The molecule has 2 rings (SSSR count). The number of rotatable bonds is 7. The minimum Gasteiger partial charge on any atom is -0.373 e. The largest absolute Gasteiger partial charge is 0.373 e. The average molecular weight is 315 g/mol. The highest BCUT2D eigenvalue weighted by Crippen LogP contribution is 2.19. The first-order valence-electron chi connectivity index (χ1n) is 6.73. The second-order valence-electron chi connectivity index (χ2n) is 4.55. The molecule has 0 unspecified atom stereocenters. The van der Waals surface area contributed by atoms with E-state index in [0.717, 1.165) is 5.70 Å². The summed E-state index contributed by atoms with van der Waals surface area (Å²) in [4.78, 5) is 25.9. The molecule has 2 heterocycles. The Bertz CT molecular complexity index is 792. The zero-order valence-corrected chi connectivity index (χ0v) is 12.7. The van der Waals surface area contributed by atoms with Gasteiger partial charge in [0.15, 0.2) is 5.65 Å². The Balaban J connectivity index is 2.35. The van der Waals surface area contributed by atoms with Gasteiger partial charge >= 0.3 is 0 Å². The van der Waals surface area contributed by atoms with Crippen LogP contribution in [0, 0.1) is 0 Å². The van der Waals surface area contributed by atoms with Gasteiger partial charge in [0.2, 0.25) is 6.41 Å². The van der Waals surface area contributed by atoms with E-state index in [1.807, 2.05) is 6.92 Å². The molecule has 23 heavy (non-hydrogen) atoms. The van der Waals surface area contributed by atoms with Crippen molar-refractivity contribution < 1.29 is 9.59 Å². The van der Waals surface area contributed by atoms with Crippen LogP contribution in [0.1, 0.15) is 17.3 Å². The highest BCUT2D eigenvalue weighted by atomic mass is 16.1. The maximum absolute atomic E-state index is 11.4. The standard InChI is InChI=1S/C14H17N7O2/c1-9(4-3-5-17-8-22)19-11-6-12(16-2)21-14(20-11)10(7-18-21)13(15)23/h3-8,16H,1-2H3,(H2,15,23)(H,17,22)(H,19,20)/b5-3-,9-4+. The number of anilines is 2. The Hall–Kier alpha value is -3.36. The predicted octanol–water partition coefficient (Wildman–Crippen LogP) is 0.445. The van der Waals surface area contributed by atoms with Crippen molar-refractivity contribution in [2.24, 2.45) is 5.73 Å². The molecule has 0 aromatic carbocycles. The maximum Gasteiger partial charge on any atom is 0.254 e. The summed E-state index contributed by atoms with van der Waals surface area (Å²) < 4.78 is 1.50. The minimum atomic E-state index is -0.596.